The van der Waals surface area contributed by atoms with Crippen molar-refractivity contribution in [3.05, 3.63) is 47.7 Å². The van der Waals surface area contributed by atoms with E-state index in [9.17, 15) is 32.5 Å². The lowest BCUT2D eigenvalue weighted by atomic mass is 10.0. The molecule has 0 radical (unpaired) electrons. The number of nitrogens with two attached hydrogens (primary N) is 2. The molecule has 17 nitrogen and oxygen atoms in total. The Kier molecular flexibility index (Phi) is 9.82. The van der Waals surface area contributed by atoms with E-state index < -0.39 is 58.6 Å². The summed E-state index contributed by atoms with van der Waals surface area (Å²) in [7, 11) is -2.89. The van der Waals surface area contributed by atoms with Crippen molar-refractivity contribution in [3.8, 4) is 16.9 Å². The van der Waals surface area contributed by atoms with Gasteiger partial charge in [-0.1, -0.05) is 17.3 Å². The van der Waals surface area contributed by atoms with Crippen LogP contribution in [0.15, 0.2) is 47.2 Å². The van der Waals surface area contributed by atoms with Crippen LogP contribution in [0, 0.1) is 0 Å². The van der Waals surface area contributed by atoms with Crippen LogP contribution in [0.5, 0.6) is 5.75 Å². The molecule has 0 saturated carbocycles. The number of ether oxygens (including phenoxy) is 1. The maximum atomic E-state index is 13.0. The third-order valence-corrected chi connectivity index (χ3v) is 8.28. The first-order valence-corrected chi connectivity index (χ1v) is 15.4. The maximum Gasteiger partial charge on any atom is 0.362 e. The zero-order valence-electron chi connectivity index (χ0n) is 23.6. The summed E-state index contributed by atoms with van der Waals surface area (Å²) in [6.45, 7) is 2.16. The fourth-order valence-electron chi connectivity index (χ4n) is 4.28. The molecule has 2 amide bonds. The van der Waals surface area contributed by atoms with Gasteiger partial charge in [0.05, 0.1) is 24.3 Å². The number of hydrogen-bond acceptors (Lipinski definition) is 12. The molecule has 236 valence electrons. The number of nitrogens with zero attached hydrogens (tertiary/aromatic N) is 5. The van der Waals surface area contributed by atoms with E-state index in [1.165, 1.54) is 12.3 Å². The van der Waals surface area contributed by atoms with Gasteiger partial charge in [0.2, 0.25) is 6.20 Å². The number of nitrogen functional groups attached to an aromatic ring is 1. The molecule has 1 aliphatic heterocycles. The van der Waals surface area contributed by atoms with Crippen LogP contribution in [0.2, 0.25) is 0 Å². The number of amides is 2. The molecule has 0 spiro atoms. The summed E-state index contributed by atoms with van der Waals surface area (Å²) in [5.74, 6) is -3.19. The van der Waals surface area contributed by atoms with Crippen molar-refractivity contribution in [2.45, 2.75) is 38.1 Å². The molecule has 4 rings (SSSR count). The van der Waals surface area contributed by atoms with Crippen molar-refractivity contribution < 1.29 is 46.7 Å². The highest BCUT2D eigenvalue weighted by molar-refractivity contribution is 7.84. The van der Waals surface area contributed by atoms with Gasteiger partial charge in [-0.05, 0) is 37.6 Å². The minimum absolute atomic E-state index is 0.0635. The Morgan fingerprint density at radius 1 is 1.27 bits per heavy atom. The fourth-order valence-corrected chi connectivity index (χ4v) is 5.71. The van der Waals surface area contributed by atoms with Gasteiger partial charge in [0.1, 0.15) is 24.1 Å². The zero-order valence-corrected chi connectivity index (χ0v) is 25.2. The summed E-state index contributed by atoms with van der Waals surface area (Å²) in [6, 6.07) is 4.53. The third-order valence-electron chi connectivity index (χ3n) is 6.60. The van der Waals surface area contributed by atoms with Crippen molar-refractivity contribution in [1.29, 1.82) is 0 Å². The van der Waals surface area contributed by atoms with Crippen molar-refractivity contribution in [2.75, 3.05) is 18.9 Å². The Balaban J connectivity index is 1.43. The monoisotopic (exact) mass is 651 g/mol. The van der Waals surface area contributed by atoms with Gasteiger partial charge in [0.15, 0.2) is 17.9 Å². The number of hydrogen-bond donors (Lipinski definition) is 5. The van der Waals surface area contributed by atoms with Crippen molar-refractivity contribution >= 4 is 50.3 Å². The number of rotatable bonds is 14. The number of oxime groups is 1. The molecule has 44 heavy (non-hydrogen) atoms. The molecule has 1 fully saturated rings. The van der Waals surface area contributed by atoms with Crippen molar-refractivity contribution in [3.63, 3.8) is 0 Å². The minimum atomic E-state index is -4.82. The SMILES string of the molecule is C[C@H]1[C@H](NC(=O)/C(=N\O[C@@H](COc2ccc(-c3cn(CCCN)[n+](C)c3)cc2)C(=O)O)c2csc(N)n2)C(=O)N1S(=O)(=O)O. The number of aryl methyl sites for hydroxylation is 2. The van der Waals surface area contributed by atoms with E-state index in [1.54, 1.807) is 12.1 Å². The summed E-state index contributed by atoms with van der Waals surface area (Å²) in [4.78, 5) is 46.2. The summed E-state index contributed by atoms with van der Waals surface area (Å²) >= 11 is 0.961. The van der Waals surface area contributed by atoms with Crippen molar-refractivity contribution in [1.82, 2.24) is 19.3 Å². The highest BCUT2D eigenvalue weighted by Crippen LogP contribution is 2.24. The van der Waals surface area contributed by atoms with Gasteiger partial charge in [0, 0.05) is 5.38 Å². The van der Waals surface area contributed by atoms with Gasteiger partial charge in [-0.3, -0.25) is 14.1 Å². The van der Waals surface area contributed by atoms with Gasteiger partial charge >= 0.3 is 16.3 Å². The van der Waals surface area contributed by atoms with Crippen LogP contribution >= 0.6 is 11.3 Å². The fraction of sp³-hybridized carbons (Fsp3) is 0.360. The molecule has 3 atom stereocenters. The van der Waals surface area contributed by atoms with Crippen LogP contribution in [-0.2, 0) is 43.1 Å². The molecule has 7 N–H and O–H groups in total. The van der Waals surface area contributed by atoms with Gasteiger partial charge < -0.3 is 31.5 Å². The van der Waals surface area contributed by atoms with E-state index in [-0.39, 0.29) is 15.1 Å². The maximum absolute atomic E-state index is 13.0. The summed E-state index contributed by atoms with van der Waals surface area (Å²) < 4.78 is 41.7. The highest BCUT2D eigenvalue weighted by atomic mass is 32.2. The first kappa shape index (κ1) is 32.3. The molecule has 1 aromatic carbocycles. The van der Waals surface area contributed by atoms with Gasteiger partial charge in [0.25, 0.3) is 17.9 Å². The molecule has 0 unspecified atom stereocenters. The molecule has 0 aliphatic carbocycles. The molecule has 1 saturated heterocycles. The average molecular weight is 652 g/mol. The molecular formula is C25H31N8O9S2+. The topological polar surface area (TPSA) is 246 Å². The van der Waals surface area contributed by atoms with Crippen LogP contribution in [0.1, 0.15) is 19.0 Å². The quantitative estimate of drug-likeness (QED) is 0.0470. The van der Waals surface area contributed by atoms with E-state index in [2.05, 4.69) is 15.5 Å². The largest absolute Gasteiger partial charge is 0.489 e. The molecule has 19 heteroatoms. The highest BCUT2D eigenvalue weighted by Gasteiger charge is 2.51. The zero-order chi connectivity index (χ0) is 32.2. The summed E-state index contributed by atoms with van der Waals surface area (Å²) in [5, 5.41) is 17.1. The number of carboxylic acid groups (broad SMARTS) is 1. The lowest BCUT2D eigenvalue weighted by Gasteiger charge is -2.42. The van der Waals surface area contributed by atoms with Gasteiger partial charge in [-0.15, -0.1) is 16.0 Å². The number of carboxylic acids is 1. The Morgan fingerprint density at radius 3 is 2.55 bits per heavy atom. The summed E-state index contributed by atoms with van der Waals surface area (Å²) in [6.07, 6.45) is 3.13. The molecule has 2 aromatic heterocycles. The smallest absolute Gasteiger partial charge is 0.362 e. The summed E-state index contributed by atoms with van der Waals surface area (Å²) in [5.41, 5.74) is 12.5. The molecule has 0 bridgehead atoms. The Bertz CT molecular complexity index is 1670. The van der Waals surface area contributed by atoms with Crippen LogP contribution < -0.4 is 26.2 Å². The Labute approximate surface area is 255 Å². The Hall–Kier alpha value is -4.59. The average Bonchev–Trinajstić information content (AvgIpc) is 3.56. The first-order chi connectivity index (χ1) is 20.8. The second kappa shape index (κ2) is 13.4. The van der Waals surface area contributed by atoms with Crippen LogP contribution in [-0.4, -0.2) is 86.9 Å². The number of nitrogens with one attached hydrogen (secondary N) is 1. The second-order valence-corrected chi connectivity index (χ2v) is 11.9. The molecular weight excluding hydrogens is 620 g/mol. The number of anilines is 1. The standard InChI is InChI=1S/C25H30N8O9S2/c1-14-20(23(35)33(14)44(38,39)40)29-22(34)21(18-13-43-25(27)28-18)30-42-19(24(36)37)12-41-17-6-4-15(5-7-17)16-10-31(2)32(11-16)9-3-8-26/h4-7,10-11,13-14,19-20H,3,8-9,12,26H2,1-2H3,(H4-,27,28,29,34,36,37,38,39,40)/p+1/b30-21-/t14-,19-,20-/m0/s1. The van der Waals surface area contributed by atoms with E-state index in [1.807, 2.05) is 40.9 Å². The van der Waals surface area contributed by atoms with E-state index in [4.69, 9.17) is 21.0 Å². The van der Waals surface area contributed by atoms with Crippen molar-refractivity contribution in [2.24, 2.45) is 17.9 Å². The lowest BCUT2D eigenvalue weighted by molar-refractivity contribution is -0.753. The lowest BCUT2D eigenvalue weighted by Crippen LogP contribution is -2.71. The van der Waals surface area contributed by atoms with Crippen LogP contribution in [0.25, 0.3) is 11.1 Å². The predicted octanol–water partition coefficient (Wildman–Crippen LogP) is -0.862. The molecule has 1 aliphatic rings. The second-order valence-electron chi connectivity index (χ2n) is 9.67. The number of benzene rings is 1. The first-order valence-electron chi connectivity index (χ1n) is 13.1. The number of carbonyl (C=O) groups is 3. The number of carbonyl (C=O) groups excluding carboxylic acids is 2. The van der Waals surface area contributed by atoms with Crippen LogP contribution in [0.4, 0.5) is 5.13 Å². The number of aliphatic carboxylic acids is 1. The number of thiazole rings is 1. The van der Waals surface area contributed by atoms with Gasteiger partial charge in [-0.25, -0.2) is 14.1 Å². The number of aromatic nitrogens is 3. The van der Waals surface area contributed by atoms with Crippen LogP contribution in [0.3, 0.4) is 0 Å². The third kappa shape index (κ3) is 7.30. The number of β-lactam (4-membered cyclic amide) rings is 1. The van der Waals surface area contributed by atoms with Gasteiger partial charge in [-0.2, -0.15) is 13.1 Å². The Morgan fingerprint density at radius 2 is 1.98 bits per heavy atom. The van der Waals surface area contributed by atoms with E-state index in [0.29, 0.717) is 12.3 Å². The molecule has 3 aromatic rings. The van der Waals surface area contributed by atoms with E-state index in [0.717, 1.165) is 35.4 Å². The van der Waals surface area contributed by atoms with E-state index >= 15 is 0 Å². The normalized spacial score (nSPS) is 17.6. The minimum Gasteiger partial charge on any atom is -0.489 e. The predicted molar refractivity (Wildman–Crippen MR) is 156 cm³/mol. The molecule has 3 heterocycles.